The van der Waals surface area contributed by atoms with Crippen LogP contribution in [0.25, 0.3) is 0 Å². The Kier molecular flexibility index (Phi) is 4.77. The molecule has 0 bridgehead atoms. The fourth-order valence-corrected chi connectivity index (χ4v) is 2.00. The van der Waals surface area contributed by atoms with Crippen LogP contribution in [0.3, 0.4) is 0 Å². The maximum Gasteiger partial charge on any atom is 0.193 e. The molecule has 0 unspecified atom stereocenters. The molecule has 0 amide bonds. The monoisotopic (exact) mass is 267 g/mol. The van der Waals surface area contributed by atoms with Gasteiger partial charge in [0.2, 0.25) is 0 Å². The molecule has 0 saturated carbocycles. The van der Waals surface area contributed by atoms with E-state index in [-0.39, 0.29) is 0 Å². The van der Waals surface area contributed by atoms with Crippen LogP contribution >= 0.6 is 0 Å². The van der Waals surface area contributed by atoms with Crippen LogP contribution < -0.4 is 11.1 Å². The molecule has 0 aliphatic carbocycles. The lowest BCUT2D eigenvalue weighted by Crippen LogP contribution is -2.23. The van der Waals surface area contributed by atoms with E-state index in [0.29, 0.717) is 12.5 Å². The molecule has 2 aromatic carbocycles. The number of nitrogens with one attached hydrogen (secondary N) is 1. The fourth-order valence-electron chi connectivity index (χ4n) is 2.00. The van der Waals surface area contributed by atoms with Crippen molar-refractivity contribution in [1.29, 1.82) is 0 Å². The second kappa shape index (κ2) is 6.75. The predicted octanol–water partition coefficient (Wildman–Crippen LogP) is 3.27. The molecule has 0 radical (unpaired) electrons. The molecule has 104 valence electrons. The summed E-state index contributed by atoms with van der Waals surface area (Å²) in [7, 11) is 0. The van der Waals surface area contributed by atoms with E-state index in [2.05, 4.69) is 48.4 Å². The summed E-state index contributed by atoms with van der Waals surface area (Å²) >= 11 is 0. The van der Waals surface area contributed by atoms with Gasteiger partial charge in [-0.1, -0.05) is 47.5 Å². The minimum absolute atomic E-state index is 0.460. The summed E-state index contributed by atoms with van der Waals surface area (Å²) in [5.41, 5.74) is 10.6. The van der Waals surface area contributed by atoms with E-state index in [9.17, 15) is 0 Å². The summed E-state index contributed by atoms with van der Waals surface area (Å²) < 4.78 is 0. The highest BCUT2D eigenvalue weighted by Crippen LogP contribution is 2.08. The van der Waals surface area contributed by atoms with Crippen LogP contribution in [0.2, 0.25) is 0 Å². The molecule has 0 aliphatic heterocycles. The van der Waals surface area contributed by atoms with Crippen LogP contribution in [0.1, 0.15) is 16.7 Å². The van der Waals surface area contributed by atoms with Gasteiger partial charge < -0.3 is 11.1 Å². The summed E-state index contributed by atoms with van der Waals surface area (Å²) in [6.07, 6.45) is 0.901. The Morgan fingerprint density at radius 2 is 1.80 bits per heavy atom. The molecule has 0 atom stereocenters. The molecule has 0 heterocycles. The zero-order valence-corrected chi connectivity index (χ0v) is 12.1. The first-order chi connectivity index (χ1) is 9.63. The molecule has 0 fully saturated rings. The first-order valence-electron chi connectivity index (χ1n) is 6.82. The van der Waals surface area contributed by atoms with E-state index in [1.807, 2.05) is 24.3 Å². The zero-order valence-electron chi connectivity index (χ0n) is 12.1. The number of benzene rings is 2. The molecule has 3 nitrogen and oxygen atoms in total. The van der Waals surface area contributed by atoms with Crippen molar-refractivity contribution in [2.45, 2.75) is 20.3 Å². The minimum atomic E-state index is 0.460. The maximum absolute atomic E-state index is 5.88. The number of anilines is 1. The summed E-state index contributed by atoms with van der Waals surface area (Å²) in [4.78, 5) is 4.35. The normalized spacial score (nSPS) is 11.4. The standard InChI is InChI=1S/C17H21N3/c1-13-6-8-16(9-7-13)20-17(18)19-11-10-15-5-3-4-14(2)12-15/h3-9,12H,10-11H2,1-2H3,(H3,18,19,20). The number of hydrogen-bond acceptors (Lipinski definition) is 1. The van der Waals surface area contributed by atoms with Crippen LogP contribution in [-0.2, 0) is 6.42 Å². The predicted molar refractivity (Wildman–Crippen MR) is 86.2 cm³/mol. The first-order valence-corrected chi connectivity index (χ1v) is 6.82. The molecule has 0 spiro atoms. The van der Waals surface area contributed by atoms with Gasteiger partial charge in [0.25, 0.3) is 0 Å². The number of nitrogens with zero attached hydrogens (tertiary/aromatic N) is 1. The van der Waals surface area contributed by atoms with Gasteiger partial charge in [0, 0.05) is 12.2 Å². The lowest BCUT2D eigenvalue weighted by atomic mass is 10.1. The number of guanidine groups is 1. The van der Waals surface area contributed by atoms with E-state index in [4.69, 9.17) is 5.73 Å². The Bertz CT molecular complexity index is 585. The van der Waals surface area contributed by atoms with Crippen LogP contribution in [0.4, 0.5) is 5.69 Å². The summed E-state index contributed by atoms with van der Waals surface area (Å²) in [5, 5.41) is 3.09. The van der Waals surface area contributed by atoms with Crippen LogP contribution in [0, 0.1) is 13.8 Å². The molecule has 0 aromatic heterocycles. The van der Waals surface area contributed by atoms with Crippen LogP contribution in [-0.4, -0.2) is 12.5 Å². The topological polar surface area (TPSA) is 50.4 Å². The van der Waals surface area contributed by atoms with Crippen molar-refractivity contribution in [3.05, 3.63) is 65.2 Å². The van der Waals surface area contributed by atoms with Gasteiger partial charge in [-0.05, 0) is 38.0 Å². The SMILES string of the molecule is Cc1ccc(NC(N)=NCCc2cccc(C)c2)cc1. The second-order valence-corrected chi connectivity index (χ2v) is 5.00. The zero-order chi connectivity index (χ0) is 14.4. The average Bonchev–Trinajstić information content (AvgIpc) is 2.41. The van der Waals surface area contributed by atoms with E-state index in [1.165, 1.54) is 16.7 Å². The van der Waals surface area contributed by atoms with Crippen LogP contribution in [0.15, 0.2) is 53.5 Å². The highest BCUT2D eigenvalue weighted by atomic mass is 15.1. The van der Waals surface area contributed by atoms with Gasteiger partial charge in [0.1, 0.15) is 0 Å². The Hall–Kier alpha value is -2.29. The van der Waals surface area contributed by atoms with Gasteiger partial charge in [-0.25, -0.2) is 0 Å². The largest absolute Gasteiger partial charge is 0.370 e. The lowest BCUT2D eigenvalue weighted by molar-refractivity contribution is 0.962. The molecule has 2 rings (SSSR count). The molecule has 0 saturated heterocycles. The van der Waals surface area contributed by atoms with Gasteiger partial charge >= 0.3 is 0 Å². The minimum Gasteiger partial charge on any atom is -0.370 e. The molecule has 2 aromatic rings. The number of aryl methyl sites for hydroxylation is 2. The first kappa shape index (κ1) is 14.1. The summed E-state index contributed by atoms with van der Waals surface area (Å²) in [6, 6.07) is 16.6. The average molecular weight is 267 g/mol. The Morgan fingerprint density at radius 1 is 1.05 bits per heavy atom. The number of hydrogen-bond donors (Lipinski definition) is 2. The van der Waals surface area contributed by atoms with E-state index >= 15 is 0 Å². The van der Waals surface area contributed by atoms with E-state index in [0.717, 1.165) is 12.1 Å². The summed E-state index contributed by atoms with van der Waals surface area (Å²) in [6.45, 7) is 4.84. The van der Waals surface area contributed by atoms with Crippen LogP contribution in [0.5, 0.6) is 0 Å². The quantitative estimate of drug-likeness (QED) is 0.660. The molecular weight excluding hydrogens is 246 g/mol. The van der Waals surface area contributed by atoms with Gasteiger partial charge in [0.15, 0.2) is 5.96 Å². The van der Waals surface area contributed by atoms with E-state index < -0.39 is 0 Å². The number of rotatable bonds is 4. The molecular formula is C17H21N3. The highest BCUT2D eigenvalue weighted by Gasteiger charge is 1.96. The third kappa shape index (κ3) is 4.43. The maximum atomic E-state index is 5.88. The Morgan fingerprint density at radius 3 is 2.50 bits per heavy atom. The van der Waals surface area contributed by atoms with Gasteiger partial charge in [-0.2, -0.15) is 0 Å². The van der Waals surface area contributed by atoms with Gasteiger partial charge in [0.05, 0.1) is 0 Å². The number of nitrogens with two attached hydrogens (primary N) is 1. The number of aliphatic imine (C=N–C) groups is 1. The van der Waals surface area contributed by atoms with Crippen molar-refractivity contribution in [3.8, 4) is 0 Å². The molecule has 20 heavy (non-hydrogen) atoms. The van der Waals surface area contributed by atoms with Crippen molar-refractivity contribution in [1.82, 2.24) is 0 Å². The third-order valence-corrected chi connectivity index (χ3v) is 3.09. The van der Waals surface area contributed by atoms with Crippen molar-refractivity contribution >= 4 is 11.6 Å². The highest BCUT2D eigenvalue weighted by molar-refractivity contribution is 5.92. The van der Waals surface area contributed by atoms with Crippen molar-refractivity contribution in [2.24, 2.45) is 10.7 Å². The summed E-state index contributed by atoms with van der Waals surface area (Å²) in [5.74, 6) is 0.460. The fraction of sp³-hybridized carbons (Fsp3) is 0.235. The van der Waals surface area contributed by atoms with Gasteiger partial charge in [-0.3, -0.25) is 4.99 Å². The Balaban J connectivity index is 1.86. The Labute approximate surface area is 120 Å². The molecule has 0 aliphatic rings. The van der Waals surface area contributed by atoms with Crippen molar-refractivity contribution in [2.75, 3.05) is 11.9 Å². The smallest absolute Gasteiger partial charge is 0.193 e. The van der Waals surface area contributed by atoms with Crippen molar-refractivity contribution in [3.63, 3.8) is 0 Å². The van der Waals surface area contributed by atoms with Crippen molar-refractivity contribution < 1.29 is 0 Å². The second-order valence-electron chi connectivity index (χ2n) is 5.00. The third-order valence-electron chi connectivity index (χ3n) is 3.09. The van der Waals surface area contributed by atoms with E-state index in [1.54, 1.807) is 0 Å². The molecule has 3 N–H and O–H groups in total. The molecule has 3 heteroatoms. The van der Waals surface area contributed by atoms with Gasteiger partial charge in [-0.15, -0.1) is 0 Å². The lowest BCUT2D eigenvalue weighted by Gasteiger charge is -2.06.